The second-order valence-corrected chi connectivity index (χ2v) is 5.33. The summed E-state index contributed by atoms with van der Waals surface area (Å²) in [5, 5.41) is 7.70. The highest BCUT2D eigenvalue weighted by molar-refractivity contribution is 6.24. The van der Waals surface area contributed by atoms with Gasteiger partial charge >= 0.3 is 0 Å². The molecular formula is C22H26O. The van der Waals surface area contributed by atoms with E-state index in [4.69, 9.17) is 4.74 Å². The minimum atomic E-state index is 0.945. The molecular weight excluding hydrogens is 280 g/mol. The van der Waals surface area contributed by atoms with Crippen LogP contribution in [0.15, 0.2) is 54.6 Å². The normalized spacial score (nSPS) is 10.1. The molecule has 0 unspecified atom stereocenters. The molecule has 0 N–H and O–H groups in total. The Balaban J connectivity index is 0.000000348. The van der Waals surface area contributed by atoms with Crippen molar-refractivity contribution in [1.29, 1.82) is 0 Å². The van der Waals surface area contributed by atoms with Crippen LogP contribution in [0.1, 0.15) is 34.1 Å². The van der Waals surface area contributed by atoms with Crippen molar-refractivity contribution in [1.82, 2.24) is 0 Å². The zero-order chi connectivity index (χ0) is 16.8. The Labute approximate surface area is 139 Å². The van der Waals surface area contributed by atoms with Gasteiger partial charge in [-0.15, -0.1) is 0 Å². The number of hydrogen-bond acceptors (Lipinski definition) is 1. The molecule has 4 rings (SSSR count). The summed E-state index contributed by atoms with van der Waals surface area (Å²) in [6.45, 7) is 8.25. The van der Waals surface area contributed by atoms with Gasteiger partial charge in [0.25, 0.3) is 0 Å². The van der Waals surface area contributed by atoms with Crippen molar-refractivity contribution < 1.29 is 4.74 Å². The number of methoxy groups -OCH3 is 1. The molecule has 0 amide bonds. The minimum Gasteiger partial charge on any atom is -0.496 e. The Morgan fingerprint density at radius 3 is 1.74 bits per heavy atom. The summed E-state index contributed by atoms with van der Waals surface area (Å²) in [4.78, 5) is 0. The summed E-state index contributed by atoms with van der Waals surface area (Å²) in [7, 11) is 1.73. The first-order valence-corrected chi connectivity index (χ1v) is 8.50. The lowest BCUT2D eigenvalue weighted by Crippen LogP contribution is -1.88. The fourth-order valence-electron chi connectivity index (χ4n) is 2.89. The Morgan fingerprint density at radius 2 is 1.17 bits per heavy atom. The molecule has 0 heterocycles. The van der Waals surface area contributed by atoms with E-state index in [0.29, 0.717) is 0 Å². The third kappa shape index (κ3) is 3.10. The fraction of sp³-hybridized carbons (Fsp3) is 0.273. The van der Waals surface area contributed by atoms with E-state index in [1.807, 2.05) is 19.9 Å². The number of hydrogen-bond donors (Lipinski definition) is 0. The van der Waals surface area contributed by atoms with Crippen LogP contribution in [0.25, 0.3) is 32.3 Å². The van der Waals surface area contributed by atoms with Gasteiger partial charge in [-0.25, -0.2) is 0 Å². The van der Waals surface area contributed by atoms with E-state index in [2.05, 4.69) is 62.4 Å². The molecule has 0 spiro atoms. The standard InChI is InChI=1S/C17H12O.C3H8.C2H6/c1-18-15-10-8-13-6-5-11-3-2-4-12-7-9-14(15)17(13)16(11)12;1-3-2;1-2/h2-10H,1H3;3H2,1-2H3;1-2H3. The van der Waals surface area contributed by atoms with Crippen LogP contribution in [0.3, 0.4) is 0 Å². The minimum absolute atomic E-state index is 0.945. The monoisotopic (exact) mass is 306 g/mol. The van der Waals surface area contributed by atoms with Crippen LogP contribution in [0.2, 0.25) is 0 Å². The van der Waals surface area contributed by atoms with Gasteiger partial charge in [-0.2, -0.15) is 0 Å². The molecule has 0 atom stereocenters. The highest BCUT2D eigenvalue weighted by atomic mass is 16.5. The molecule has 1 nitrogen and oxygen atoms in total. The number of rotatable bonds is 1. The van der Waals surface area contributed by atoms with E-state index in [-0.39, 0.29) is 0 Å². The molecule has 1 heteroatoms. The molecule has 0 aliphatic carbocycles. The van der Waals surface area contributed by atoms with Crippen LogP contribution in [-0.2, 0) is 0 Å². The Bertz CT molecular complexity index is 861. The van der Waals surface area contributed by atoms with Crippen molar-refractivity contribution in [2.45, 2.75) is 34.1 Å². The van der Waals surface area contributed by atoms with Crippen molar-refractivity contribution in [3.8, 4) is 5.75 Å². The van der Waals surface area contributed by atoms with Crippen LogP contribution in [0.4, 0.5) is 0 Å². The van der Waals surface area contributed by atoms with E-state index >= 15 is 0 Å². The molecule has 0 aliphatic heterocycles. The van der Waals surface area contributed by atoms with Crippen molar-refractivity contribution in [2.75, 3.05) is 7.11 Å². The van der Waals surface area contributed by atoms with Crippen LogP contribution in [0, 0.1) is 0 Å². The van der Waals surface area contributed by atoms with Crippen LogP contribution >= 0.6 is 0 Å². The topological polar surface area (TPSA) is 9.23 Å². The fourth-order valence-corrected chi connectivity index (χ4v) is 2.89. The van der Waals surface area contributed by atoms with E-state index in [1.165, 1.54) is 38.7 Å². The zero-order valence-electron chi connectivity index (χ0n) is 14.8. The van der Waals surface area contributed by atoms with Crippen molar-refractivity contribution in [2.24, 2.45) is 0 Å². The average molecular weight is 306 g/mol. The van der Waals surface area contributed by atoms with Crippen molar-refractivity contribution >= 4 is 32.3 Å². The van der Waals surface area contributed by atoms with E-state index < -0.39 is 0 Å². The molecule has 0 aromatic heterocycles. The summed E-state index contributed by atoms with van der Waals surface area (Å²) >= 11 is 0. The Morgan fingerprint density at radius 1 is 0.696 bits per heavy atom. The lowest BCUT2D eigenvalue weighted by atomic mass is 9.94. The van der Waals surface area contributed by atoms with E-state index in [1.54, 1.807) is 7.11 Å². The van der Waals surface area contributed by atoms with Gasteiger partial charge in [0.05, 0.1) is 7.11 Å². The maximum atomic E-state index is 5.47. The van der Waals surface area contributed by atoms with Crippen molar-refractivity contribution in [3.05, 3.63) is 54.6 Å². The predicted molar refractivity (Wildman–Crippen MR) is 104 cm³/mol. The number of benzene rings is 4. The summed E-state index contributed by atoms with van der Waals surface area (Å²) < 4.78 is 5.47. The molecule has 0 saturated heterocycles. The quantitative estimate of drug-likeness (QED) is 0.343. The molecule has 0 bridgehead atoms. The summed E-state index contributed by atoms with van der Waals surface area (Å²) in [5.74, 6) is 0.945. The molecule has 120 valence electrons. The molecule has 23 heavy (non-hydrogen) atoms. The summed E-state index contributed by atoms with van der Waals surface area (Å²) in [5.41, 5.74) is 0. The summed E-state index contributed by atoms with van der Waals surface area (Å²) in [6, 6.07) is 19.3. The first-order chi connectivity index (χ1) is 11.3. The third-order valence-electron chi connectivity index (χ3n) is 3.71. The van der Waals surface area contributed by atoms with Crippen molar-refractivity contribution in [3.63, 3.8) is 0 Å². The molecule has 0 fully saturated rings. The first kappa shape index (κ1) is 17.1. The van der Waals surface area contributed by atoms with Gasteiger partial charge in [0.15, 0.2) is 0 Å². The maximum Gasteiger partial charge on any atom is 0.126 e. The van der Waals surface area contributed by atoms with E-state index in [9.17, 15) is 0 Å². The van der Waals surface area contributed by atoms with Crippen LogP contribution in [0.5, 0.6) is 5.75 Å². The maximum absolute atomic E-state index is 5.47. The second-order valence-electron chi connectivity index (χ2n) is 5.33. The largest absolute Gasteiger partial charge is 0.496 e. The third-order valence-corrected chi connectivity index (χ3v) is 3.71. The van der Waals surface area contributed by atoms with Gasteiger partial charge in [-0.1, -0.05) is 76.6 Å². The SMILES string of the molecule is CC.CCC.COc1ccc2ccc3cccc4ccc1c2c34. The van der Waals surface area contributed by atoms with Gasteiger partial charge < -0.3 is 4.74 Å². The molecule has 0 saturated carbocycles. The Kier molecular flexibility index (Phi) is 5.81. The highest BCUT2D eigenvalue weighted by Crippen LogP contribution is 2.38. The lowest BCUT2D eigenvalue weighted by Gasteiger charge is -2.12. The van der Waals surface area contributed by atoms with E-state index in [0.717, 1.165) is 5.75 Å². The van der Waals surface area contributed by atoms with Gasteiger partial charge in [0.2, 0.25) is 0 Å². The second kappa shape index (κ2) is 7.82. The average Bonchev–Trinajstić information content (AvgIpc) is 2.62. The smallest absolute Gasteiger partial charge is 0.126 e. The molecule has 0 aliphatic rings. The van der Waals surface area contributed by atoms with Crippen LogP contribution < -0.4 is 4.74 Å². The van der Waals surface area contributed by atoms with Gasteiger partial charge in [-0.05, 0) is 33.7 Å². The summed E-state index contributed by atoms with van der Waals surface area (Å²) in [6.07, 6.45) is 1.25. The molecule has 4 aromatic rings. The zero-order valence-corrected chi connectivity index (χ0v) is 14.8. The predicted octanol–water partition coefficient (Wildman–Crippen LogP) is 7.04. The molecule has 0 radical (unpaired) electrons. The Hall–Kier alpha value is -2.28. The molecule has 4 aromatic carbocycles. The lowest BCUT2D eigenvalue weighted by molar-refractivity contribution is 0.420. The first-order valence-electron chi connectivity index (χ1n) is 8.50. The highest BCUT2D eigenvalue weighted by Gasteiger charge is 2.10. The van der Waals surface area contributed by atoms with Gasteiger partial charge in [0.1, 0.15) is 5.75 Å². The van der Waals surface area contributed by atoms with Crippen LogP contribution in [-0.4, -0.2) is 7.11 Å². The van der Waals surface area contributed by atoms with Gasteiger partial charge in [-0.3, -0.25) is 0 Å². The number of ether oxygens (including phenoxy) is 1. The van der Waals surface area contributed by atoms with Gasteiger partial charge in [0, 0.05) is 10.8 Å².